The summed E-state index contributed by atoms with van der Waals surface area (Å²) in [4.78, 5) is 44.8. The molecule has 3 heterocycles. The number of aromatic nitrogens is 1. The van der Waals surface area contributed by atoms with Gasteiger partial charge in [0.1, 0.15) is 6.04 Å². The molecular formula is C23H26N4O5. The van der Waals surface area contributed by atoms with Gasteiger partial charge in [-0.1, -0.05) is 6.07 Å². The lowest BCUT2D eigenvalue weighted by atomic mass is 9.94. The van der Waals surface area contributed by atoms with Crippen LogP contribution in [0.15, 0.2) is 36.7 Å². The fourth-order valence-electron chi connectivity index (χ4n) is 4.16. The average Bonchev–Trinajstić information content (AvgIpc) is 3.05. The first-order chi connectivity index (χ1) is 15.5. The number of urea groups is 1. The Balaban J connectivity index is 1.34. The normalized spacial score (nSPS) is 17.1. The Labute approximate surface area is 186 Å². The highest BCUT2D eigenvalue weighted by Crippen LogP contribution is 2.37. The first-order valence-electron chi connectivity index (χ1n) is 10.5. The van der Waals surface area contributed by atoms with Crippen LogP contribution in [0.4, 0.5) is 4.79 Å². The summed E-state index contributed by atoms with van der Waals surface area (Å²) < 4.78 is 10.7. The third-order valence-corrected chi connectivity index (χ3v) is 5.86. The molecule has 1 atom stereocenters. The van der Waals surface area contributed by atoms with Gasteiger partial charge in [-0.15, -0.1) is 0 Å². The van der Waals surface area contributed by atoms with Crippen LogP contribution in [0, 0.1) is 0 Å². The molecular weight excluding hydrogens is 412 g/mol. The first kappa shape index (κ1) is 21.6. The molecule has 1 unspecified atom stereocenters. The van der Waals surface area contributed by atoms with Crippen molar-refractivity contribution >= 4 is 17.8 Å². The monoisotopic (exact) mass is 438 g/mol. The van der Waals surface area contributed by atoms with E-state index in [1.54, 1.807) is 31.5 Å². The fraction of sp³-hybridized carbons (Fsp3) is 0.391. The number of hydrogen-bond donors (Lipinski definition) is 1. The molecule has 4 amide bonds. The van der Waals surface area contributed by atoms with Crippen molar-refractivity contribution in [3.8, 4) is 11.5 Å². The van der Waals surface area contributed by atoms with Gasteiger partial charge in [0.05, 0.1) is 14.2 Å². The number of nitrogens with zero attached hydrogens (tertiary/aromatic N) is 3. The SMILES string of the molecule is COc1cc2c(cc1OC)CN1C(=O)N(CCCC(=O)NCc3cccnc3)C(=O)C1C2. The lowest BCUT2D eigenvalue weighted by molar-refractivity contribution is -0.129. The molecule has 0 saturated carbocycles. The second-order valence-corrected chi connectivity index (χ2v) is 7.84. The van der Waals surface area contributed by atoms with Crippen LogP contribution in [0.1, 0.15) is 29.5 Å². The summed E-state index contributed by atoms with van der Waals surface area (Å²) in [6.45, 7) is 0.955. The van der Waals surface area contributed by atoms with Crippen LogP contribution in [-0.2, 0) is 29.1 Å². The van der Waals surface area contributed by atoms with Gasteiger partial charge in [0.15, 0.2) is 11.5 Å². The predicted octanol–water partition coefficient (Wildman–Crippen LogP) is 1.88. The van der Waals surface area contributed by atoms with Crippen molar-refractivity contribution in [1.82, 2.24) is 20.1 Å². The maximum absolute atomic E-state index is 12.9. The quantitative estimate of drug-likeness (QED) is 0.632. The molecule has 1 aromatic carbocycles. The molecule has 2 aliphatic heterocycles. The second kappa shape index (κ2) is 9.25. The number of benzene rings is 1. The molecule has 168 valence electrons. The van der Waals surface area contributed by atoms with E-state index in [0.717, 1.165) is 16.7 Å². The highest BCUT2D eigenvalue weighted by Gasteiger charge is 2.47. The van der Waals surface area contributed by atoms with Crippen molar-refractivity contribution in [2.75, 3.05) is 20.8 Å². The number of methoxy groups -OCH3 is 2. The second-order valence-electron chi connectivity index (χ2n) is 7.84. The Hall–Kier alpha value is -3.62. The van der Waals surface area contributed by atoms with Crippen LogP contribution < -0.4 is 14.8 Å². The van der Waals surface area contributed by atoms with E-state index in [9.17, 15) is 14.4 Å². The maximum Gasteiger partial charge on any atom is 0.327 e. The molecule has 4 rings (SSSR count). The standard InChI is InChI=1S/C23H26N4O5/c1-31-19-10-16-9-18-22(29)26(23(30)27(18)14-17(16)11-20(19)32-2)8-4-6-21(28)25-13-15-5-3-7-24-12-15/h3,5,7,10-12,18H,4,6,8-9,13-14H2,1-2H3,(H,25,28). The van der Waals surface area contributed by atoms with Crippen LogP contribution in [-0.4, -0.2) is 59.4 Å². The maximum atomic E-state index is 12.9. The average molecular weight is 438 g/mol. The van der Waals surface area contributed by atoms with Gasteiger partial charge in [0, 0.05) is 44.9 Å². The van der Waals surface area contributed by atoms with Gasteiger partial charge in [0.25, 0.3) is 5.91 Å². The third-order valence-electron chi connectivity index (χ3n) is 5.86. The minimum absolute atomic E-state index is 0.128. The lowest BCUT2D eigenvalue weighted by Gasteiger charge is -2.29. The summed E-state index contributed by atoms with van der Waals surface area (Å²) in [5.41, 5.74) is 2.83. The first-order valence-corrected chi connectivity index (χ1v) is 10.5. The molecule has 0 radical (unpaired) electrons. The summed E-state index contributed by atoms with van der Waals surface area (Å²) >= 11 is 0. The van der Waals surface area contributed by atoms with E-state index in [2.05, 4.69) is 10.3 Å². The van der Waals surface area contributed by atoms with Crippen LogP contribution in [0.2, 0.25) is 0 Å². The number of pyridine rings is 1. The molecule has 1 N–H and O–H groups in total. The van der Waals surface area contributed by atoms with Gasteiger partial charge < -0.3 is 19.7 Å². The van der Waals surface area contributed by atoms with E-state index in [4.69, 9.17) is 9.47 Å². The number of amides is 4. The van der Waals surface area contributed by atoms with Crippen LogP contribution in [0.5, 0.6) is 11.5 Å². The van der Waals surface area contributed by atoms with Crippen molar-refractivity contribution in [2.24, 2.45) is 0 Å². The van der Waals surface area contributed by atoms with Crippen molar-refractivity contribution in [2.45, 2.75) is 38.4 Å². The van der Waals surface area contributed by atoms with Gasteiger partial charge in [-0.2, -0.15) is 0 Å². The topological polar surface area (TPSA) is 101 Å². The molecule has 32 heavy (non-hydrogen) atoms. The molecule has 0 aliphatic carbocycles. The molecule has 1 aromatic heterocycles. The highest BCUT2D eigenvalue weighted by molar-refractivity contribution is 6.04. The third kappa shape index (κ3) is 4.23. The zero-order valence-corrected chi connectivity index (χ0v) is 18.2. The van der Waals surface area contributed by atoms with E-state index in [-0.39, 0.29) is 30.8 Å². The Morgan fingerprint density at radius 3 is 2.62 bits per heavy atom. The summed E-state index contributed by atoms with van der Waals surface area (Å²) in [5, 5.41) is 2.83. The number of imide groups is 1. The molecule has 9 nitrogen and oxygen atoms in total. The number of rotatable bonds is 8. The van der Waals surface area contributed by atoms with Crippen molar-refractivity contribution in [3.63, 3.8) is 0 Å². The Bertz CT molecular complexity index is 976. The van der Waals surface area contributed by atoms with Gasteiger partial charge in [0.2, 0.25) is 5.91 Å². The molecule has 1 fully saturated rings. The van der Waals surface area contributed by atoms with Crippen LogP contribution in [0.3, 0.4) is 0 Å². The summed E-state index contributed by atoms with van der Waals surface area (Å²) in [6, 6.07) is 6.60. The van der Waals surface area contributed by atoms with Crippen molar-refractivity contribution < 1.29 is 23.9 Å². The van der Waals surface area contributed by atoms with Gasteiger partial charge in [-0.25, -0.2) is 4.79 Å². The Morgan fingerprint density at radius 2 is 1.94 bits per heavy atom. The van der Waals surface area contributed by atoms with E-state index in [1.165, 1.54) is 4.90 Å². The lowest BCUT2D eigenvalue weighted by Crippen LogP contribution is -2.40. The number of ether oxygens (including phenoxy) is 2. The number of fused-ring (bicyclic) bond motifs is 2. The fourth-order valence-corrected chi connectivity index (χ4v) is 4.16. The summed E-state index contributed by atoms with van der Waals surface area (Å²) in [7, 11) is 3.13. The van der Waals surface area contributed by atoms with Gasteiger partial charge >= 0.3 is 6.03 Å². The Kier molecular flexibility index (Phi) is 6.25. The minimum Gasteiger partial charge on any atom is -0.493 e. The van der Waals surface area contributed by atoms with Crippen LogP contribution >= 0.6 is 0 Å². The number of carbonyl (C=O) groups is 3. The molecule has 0 spiro atoms. The van der Waals surface area contributed by atoms with Gasteiger partial charge in [-0.3, -0.25) is 19.5 Å². The molecule has 2 aliphatic rings. The summed E-state index contributed by atoms with van der Waals surface area (Å²) in [6.07, 6.45) is 4.44. The van der Waals surface area contributed by atoms with Gasteiger partial charge in [-0.05, 0) is 41.3 Å². The highest BCUT2D eigenvalue weighted by atomic mass is 16.5. The Morgan fingerprint density at radius 1 is 1.19 bits per heavy atom. The number of carbonyl (C=O) groups excluding carboxylic acids is 3. The zero-order chi connectivity index (χ0) is 22.7. The number of nitrogens with one attached hydrogen (secondary N) is 1. The van der Waals surface area contributed by atoms with E-state index < -0.39 is 6.04 Å². The molecule has 2 aromatic rings. The van der Waals surface area contributed by atoms with Crippen LogP contribution in [0.25, 0.3) is 0 Å². The van der Waals surface area contributed by atoms with Crippen molar-refractivity contribution in [3.05, 3.63) is 53.3 Å². The van der Waals surface area contributed by atoms with E-state index in [0.29, 0.717) is 37.4 Å². The zero-order valence-electron chi connectivity index (χ0n) is 18.2. The minimum atomic E-state index is -0.521. The van der Waals surface area contributed by atoms with E-state index in [1.807, 2.05) is 24.3 Å². The smallest absolute Gasteiger partial charge is 0.327 e. The predicted molar refractivity (Wildman–Crippen MR) is 115 cm³/mol. The van der Waals surface area contributed by atoms with Crippen molar-refractivity contribution in [1.29, 1.82) is 0 Å². The number of hydrogen-bond acceptors (Lipinski definition) is 6. The molecule has 1 saturated heterocycles. The van der Waals surface area contributed by atoms with E-state index >= 15 is 0 Å². The summed E-state index contributed by atoms with van der Waals surface area (Å²) in [5.74, 6) is 0.853. The largest absolute Gasteiger partial charge is 0.493 e. The molecule has 9 heteroatoms. The molecule has 0 bridgehead atoms.